The molecule has 0 heterocycles. The lowest BCUT2D eigenvalue weighted by Crippen LogP contribution is -2.20. The van der Waals surface area contributed by atoms with Crippen LogP contribution in [-0.2, 0) is 11.4 Å². The molecule has 0 bridgehead atoms. The van der Waals surface area contributed by atoms with Crippen molar-refractivity contribution in [1.82, 2.24) is 0 Å². The average molecular weight is 363 g/mol. The van der Waals surface area contributed by atoms with Gasteiger partial charge in [0.1, 0.15) is 23.9 Å². The summed E-state index contributed by atoms with van der Waals surface area (Å²) < 4.78 is 16.3. The molecule has 138 valence electrons. The van der Waals surface area contributed by atoms with Gasteiger partial charge in [-0.25, -0.2) is 0 Å². The van der Waals surface area contributed by atoms with Gasteiger partial charge in [0, 0.05) is 11.8 Å². The summed E-state index contributed by atoms with van der Waals surface area (Å²) in [5.41, 5.74) is 1.78. The highest BCUT2D eigenvalue weighted by atomic mass is 16.5. The van der Waals surface area contributed by atoms with Crippen molar-refractivity contribution in [2.45, 2.75) is 6.61 Å². The summed E-state index contributed by atoms with van der Waals surface area (Å²) >= 11 is 0. The second-order valence-corrected chi connectivity index (χ2v) is 5.81. The molecule has 0 aliphatic carbocycles. The second-order valence-electron chi connectivity index (χ2n) is 5.81. The van der Waals surface area contributed by atoms with Gasteiger partial charge in [-0.15, -0.1) is 0 Å². The van der Waals surface area contributed by atoms with Crippen molar-refractivity contribution >= 4 is 11.6 Å². The Bertz CT molecular complexity index is 863. The average Bonchev–Trinajstić information content (AvgIpc) is 2.73. The number of ether oxygens (including phenoxy) is 3. The van der Waals surface area contributed by atoms with Gasteiger partial charge in [0.2, 0.25) is 0 Å². The molecule has 0 atom stereocenters. The quantitative estimate of drug-likeness (QED) is 0.649. The van der Waals surface area contributed by atoms with Crippen LogP contribution in [0.1, 0.15) is 5.56 Å². The van der Waals surface area contributed by atoms with Crippen LogP contribution in [-0.4, -0.2) is 19.6 Å². The van der Waals surface area contributed by atoms with Crippen molar-refractivity contribution in [1.29, 1.82) is 0 Å². The van der Waals surface area contributed by atoms with Gasteiger partial charge >= 0.3 is 0 Å². The van der Waals surface area contributed by atoms with Crippen molar-refractivity contribution < 1.29 is 19.0 Å². The van der Waals surface area contributed by atoms with Crippen LogP contribution < -0.4 is 19.5 Å². The number of hydrogen-bond donors (Lipinski definition) is 1. The molecule has 0 saturated carbocycles. The molecule has 1 N–H and O–H groups in total. The lowest BCUT2D eigenvalue weighted by atomic mass is 10.2. The van der Waals surface area contributed by atoms with Crippen LogP contribution in [0, 0.1) is 0 Å². The monoisotopic (exact) mass is 363 g/mol. The summed E-state index contributed by atoms with van der Waals surface area (Å²) in [6, 6.07) is 24.3. The molecule has 0 fully saturated rings. The van der Waals surface area contributed by atoms with E-state index in [0.29, 0.717) is 23.8 Å². The molecular weight excluding hydrogens is 342 g/mol. The van der Waals surface area contributed by atoms with Crippen LogP contribution >= 0.6 is 0 Å². The Morgan fingerprint density at radius 3 is 2.30 bits per heavy atom. The van der Waals surface area contributed by atoms with E-state index in [9.17, 15) is 4.79 Å². The fourth-order valence-electron chi connectivity index (χ4n) is 2.41. The van der Waals surface area contributed by atoms with E-state index in [1.807, 2.05) is 48.5 Å². The summed E-state index contributed by atoms with van der Waals surface area (Å²) in [5, 5.41) is 2.79. The van der Waals surface area contributed by atoms with Gasteiger partial charge in [-0.1, -0.05) is 36.4 Å². The molecule has 0 aliphatic rings. The van der Waals surface area contributed by atoms with E-state index in [-0.39, 0.29) is 12.5 Å². The summed E-state index contributed by atoms with van der Waals surface area (Å²) in [6.07, 6.45) is 0. The first kappa shape index (κ1) is 18.3. The summed E-state index contributed by atoms with van der Waals surface area (Å²) in [7, 11) is 1.58. The van der Waals surface area contributed by atoms with Crippen LogP contribution in [0.4, 0.5) is 5.69 Å². The van der Waals surface area contributed by atoms with E-state index >= 15 is 0 Å². The predicted molar refractivity (Wildman–Crippen MR) is 104 cm³/mol. The predicted octanol–water partition coefficient (Wildman–Crippen LogP) is 4.29. The van der Waals surface area contributed by atoms with Gasteiger partial charge in [-0.3, -0.25) is 4.79 Å². The fraction of sp³-hybridized carbons (Fsp3) is 0.136. The largest absolute Gasteiger partial charge is 0.497 e. The fourth-order valence-corrected chi connectivity index (χ4v) is 2.41. The number of carbonyl (C=O) groups is 1. The maximum Gasteiger partial charge on any atom is 0.262 e. The van der Waals surface area contributed by atoms with E-state index in [4.69, 9.17) is 14.2 Å². The topological polar surface area (TPSA) is 56.8 Å². The lowest BCUT2D eigenvalue weighted by molar-refractivity contribution is -0.118. The minimum Gasteiger partial charge on any atom is -0.497 e. The Kier molecular flexibility index (Phi) is 6.30. The molecule has 5 heteroatoms. The van der Waals surface area contributed by atoms with Gasteiger partial charge in [-0.05, 0) is 42.0 Å². The number of amides is 1. The maximum absolute atomic E-state index is 12.0. The van der Waals surface area contributed by atoms with Crippen molar-refractivity contribution in [2.75, 3.05) is 19.0 Å². The van der Waals surface area contributed by atoms with Crippen LogP contribution in [0.5, 0.6) is 17.2 Å². The molecule has 0 spiro atoms. The molecule has 0 radical (unpaired) electrons. The molecule has 5 nitrogen and oxygen atoms in total. The number of nitrogens with one attached hydrogen (secondary N) is 1. The van der Waals surface area contributed by atoms with Crippen molar-refractivity contribution in [3.05, 3.63) is 84.4 Å². The molecule has 0 aromatic heterocycles. The Morgan fingerprint density at radius 2 is 1.56 bits per heavy atom. The molecule has 1 amide bonds. The summed E-state index contributed by atoms with van der Waals surface area (Å²) in [5.74, 6) is 1.76. The van der Waals surface area contributed by atoms with Gasteiger partial charge in [0.25, 0.3) is 5.91 Å². The third-order valence-corrected chi connectivity index (χ3v) is 3.80. The molecule has 0 saturated heterocycles. The molecule has 3 aromatic carbocycles. The summed E-state index contributed by atoms with van der Waals surface area (Å²) in [6.45, 7) is 0.417. The first-order valence-electron chi connectivity index (χ1n) is 8.56. The molecule has 0 aliphatic heterocycles. The Labute approximate surface area is 158 Å². The minimum atomic E-state index is -0.240. The first-order valence-corrected chi connectivity index (χ1v) is 8.56. The number of methoxy groups -OCH3 is 1. The van der Waals surface area contributed by atoms with Gasteiger partial charge in [0.05, 0.1) is 7.11 Å². The van der Waals surface area contributed by atoms with Crippen molar-refractivity contribution in [3.63, 3.8) is 0 Å². The van der Waals surface area contributed by atoms with E-state index in [2.05, 4.69) is 5.32 Å². The zero-order valence-electron chi connectivity index (χ0n) is 15.1. The zero-order valence-corrected chi connectivity index (χ0v) is 15.1. The maximum atomic E-state index is 12.0. The van der Waals surface area contributed by atoms with Crippen molar-refractivity contribution in [2.24, 2.45) is 0 Å². The highest BCUT2D eigenvalue weighted by molar-refractivity contribution is 5.91. The molecule has 3 rings (SSSR count). The number of anilines is 1. The zero-order chi connectivity index (χ0) is 18.9. The normalized spacial score (nSPS) is 10.1. The minimum absolute atomic E-state index is 0.0839. The van der Waals surface area contributed by atoms with Crippen LogP contribution in [0.2, 0.25) is 0 Å². The number of hydrogen-bond acceptors (Lipinski definition) is 4. The van der Waals surface area contributed by atoms with E-state index in [0.717, 1.165) is 11.3 Å². The highest BCUT2D eigenvalue weighted by Crippen LogP contribution is 2.19. The highest BCUT2D eigenvalue weighted by Gasteiger charge is 2.05. The standard InChI is InChI=1S/C22H21NO4/c1-25-20-8-5-9-21(14-20)27-16-22(24)23-18-10-12-19(13-11-18)26-15-17-6-3-2-4-7-17/h2-14H,15-16H2,1H3,(H,23,24). The smallest absolute Gasteiger partial charge is 0.262 e. The van der Waals surface area contributed by atoms with Gasteiger partial charge < -0.3 is 19.5 Å². The number of carbonyl (C=O) groups excluding carboxylic acids is 1. The third kappa shape index (κ3) is 5.78. The van der Waals surface area contributed by atoms with E-state index < -0.39 is 0 Å². The molecule has 0 unspecified atom stereocenters. The Hall–Kier alpha value is -3.47. The van der Waals surface area contributed by atoms with Crippen LogP contribution in [0.15, 0.2) is 78.9 Å². The molecule has 27 heavy (non-hydrogen) atoms. The van der Waals surface area contributed by atoms with E-state index in [1.54, 1.807) is 37.4 Å². The second kappa shape index (κ2) is 9.29. The Morgan fingerprint density at radius 1 is 0.815 bits per heavy atom. The van der Waals surface area contributed by atoms with Crippen molar-refractivity contribution in [3.8, 4) is 17.2 Å². The lowest BCUT2D eigenvalue weighted by Gasteiger charge is -2.10. The van der Waals surface area contributed by atoms with E-state index in [1.165, 1.54) is 0 Å². The van der Waals surface area contributed by atoms with Gasteiger partial charge in [0.15, 0.2) is 6.61 Å². The summed E-state index contributed by atoms with van der Waals surface area (Å²) in [4.78, 5) is 12.0. The molecule has 3 aromatic rings. The van der Waals surface area contributed by atoms with Crippen LogP contribution in [0.25, 0.3) is 0 Å². The number of benzene rings is 3. The third-order valence-electron chi connectivity index (χ3n) is 3.80. The van der Waals surface area contributed by atoms with Gasteiger partial charge in [-0.2, -0.15) is 0 Å². The number of rotatable bonds is 8. The first-order chi connectivity index (χ1) is 13.2. The molecular formula is C22H21NO4. The Balaban J connectivity index is 1.46. The van der Waals surface area contributed by atoms with Crippen LogP contribution in [0.3, 0.4) is 0 Å². The SMILES string of the molecule is COc1cccc(OCC(=O)Nc2ccc(OCc3ccccc3)cc2)c1.